The number of urea groups is 1. The van der Waals surface area contributed by atoms with Gasteiger partial charge in [0.2, 0.25) is 0 Å². The third-order valence-electron chi connectivity index (χ3n) is 4.07. The molecule has 1 saturated heterocycles. The Labute approximate surface area is 166 Å². The Morgan fingerprint density at radius 1 is 1.36 bits per heavy atom. The Hall–Kier alpha value is -2.68. The zero-order valence-electron chi connectivity index (χ0n) is 15.7. The van der Waals surface area contributed by atoms with Crippen LogP contribution < -0.4 is 10.6 Å². The number of halogens is 2. The highest BCUT2D eigenvalue weighted by molar-refractivity contribution is 6.31. The number of hydrogen-bond acceptors (Lipinski definition) is 5. The van der Waals surface area contributed by atoms with Gasteiger partial charge in [-0.05, 0) is 45.4 Å². The number of ether oxygens (including phenoxy) is 1. The number of carbonyl (C=O) groups is 4. The lowest BCUT2D eigenvalue weighted by atomic mass is 10.1. The molecule has 2 N–H and O–H groups in total. The Kier molecular flexibility index (Phi) is 6.60. The van der Waals surface area contributed by atoms with E-state index < -0.39 is 35.4 Å². The molecule has 1 aromatic carbocycles. The zero-order chi connectivity index (χ0) is 21.1. The summed E-state index contributed by atoms with van der Waals surface area (Å²) in [5, 5.41) is 4.86. The maximum atomic E-state index is 13.1. The molecule has 1 fully saturated rings. The first-order chi connectivity index (χ1) is 13.0. The molecular formula is C18H21ClFN3O5. The molecule has 28 heavy (non-hydrogen) atoms. The number of amides is 4. The average molecular weight is 414 g/mol. The van der Waals surface area contributed by atoms with E-state index in [1.54, 1.807) is 13.8 Å². The minimum absolute atomic E-state index is 0.0673. The quantitative estimate of drug-likeness (QED) is 0.527. The van der Waals surface area contributed by atoms with Crippen molar-refractivity contribution < 1.29 is 28.3 Å². The molecule has 0 unspecified atom stereocenters. The number of esters is 1. The number of hydrogen-bond donors (Lipinski definition) is 2. The smallest absolute Gasteiger partial charge is 0.325 e. The summed E-state index contributed by atoms with van der Waals surface area (Å²) in [4.78, 5) is 48.8. The largest absolute Gasteiger partial charge is 0.453 e. The number of imide groups is 1. The molecule has 1 aliphatic heterocycles. The molecule has 0 spiro atoms. The van der Waals surface area contributed by atoms with Gasteiger partial charge in [-0.3, -0.25) is 19.3 Å². The van der Waals surface area contributed by atoms with Crippen molar-refractivity contribution in [2.45, 2.75) is 45.3 Å². The average Bonchev–Trinajstić information content (AvgIpc) is 2.79. The van der Waals surface area contributed by atoms with Crippen molar-refractivity contribution >= 4 is 41.1 Å². The monoisotopic (exact) mass is 413 g/mol. The van der Waals surface area contributed by atoms with Crippen molar-refractivity contribution in [1.29, 1.82) is 0 Å². The zero-order valence-corrected chi connectivity index (χ0v) is 16.4. The second-order valence-electron chi connectivity index (χ2n) is 6.87. The van der Waals surface area contributed by atoms with Crippen molar-refractivity contribution in [2.24, 2.45) is 0 Å². The fourth-order valence-electron chi connectivity index (χ4n) is 2.53. The Balaban J connectivity index is 1.77. The molecule has 0 saturated carbocycles. The molecule has 2 rings (SSSR count). The highest BCUT2D eigenvalue weighted by Gasteiger charge is 2.43. The summed E-state index contributed by atoms with van der Waals surface area (Å²) in [6.07, 6.45) is -0.958. The van der Waals surface area contributed by atoms with Crippen LogP contribution in [0.4, 0.5) is 14.9 Å². The van der Waals surface area contributed by atoms with E-state index in [0.29, 0.717) is 0 Å². The highest BCUT2D eigenvalue weighted by Crippen LogP contribution is 2.20. The molecule has 152 valence electrons. The summed E-state index contributed by atoms with van der Waals surface area (Å²) < 4.78 is 18.2. The molecule has 0 aromatic heterocycles. The van der Waals surface area contributed by atoms with Crippen molar-refractivity contribution in [1.82, 2.24) is 10.2 Å². The van der Waals surface area contributed by atoms with E-state index in [0.717, 1.165) is 11.0 Å². The summed E-state index contributed by atoms with van der Waals surface area (Å²) in [5.74, 6) is -2.23. The van der Waals surface area contributed by atoms with Crippen molar-refractivity contribution in [3.05, 3.63) is 29.0 Å². The first-order valence-corrected chi connectivity index (χ1v) is 8.98. The van der Waals surface area contributed by atoms with Crippen LogP contribution in [0.1, 0.15) is 33.6 Å². The summed E-state index contributed by atoms with van der Waals surface area (Å²) in [7, 11) is 0. The molecule has 0 bridgehead atoms. The van der Waals surface area contributed by atoms with Crippen LogP contribution in [-0.2, 0) is 19.1 Å². The van der Waals surface area contributed by atoms with Gasteiger partial charge in [0.25, 0.3) is 11.8 Å². The van der Waals surface area contributed by atoms with E-state index in [4.69, 9.17) is 16.3 Å². The molecule has 4 amide bonds. The normalized spacial score (nSPS) is 16.5. The summed E-state index contributed by atoms with van der Waals surface area (Å²) >= 11 is 5.64. The molecule has 1 aromatic rings. The predicted octanol–water partition coefficient (Wildman–Crippen LogP) is 2.46. The van der Waals surface area contributed by atoms with Crippen molar-refractivity contribution in [3.8, 4) is 0 Å². The van der Waals surface area contributed by atoms with Gasteiger partial charge < -0.3 is 15.4 Å². The van der Waals surface area contributed by atoms with E-state index in [-0.39, 0.29) is 36.0 Å². The van der Waals surface area contributed by atoms with Gasteiger partial charge in [-0.25, -0.2) is 9.18 Å². The highest BCUT2D eigenvalue weighted by atomic mass is 35.5. The van der Waals surface area contributed by atoms with Gasteiger partial charge in [-0.2, -0.15) is 0 Å². The minimum atomic E-state index is -1.09. The summed E-state index contributed by atoms with van der Waals surface area (Å²) in [5.41, 5.74) is -0.701. The topological polar surface area (TPSA) is 105 Å². The first kappa shape index (κ1) is 21.6. The van der Waals surface area contributed by atoms with Crippen LogP contribution in [0.2, 0.25) is 5.02 Å². The Morgan fingerprint density at radius 2 is 2.04 bits per heavy atom. The SMILES string of the molecule is C[C@@H](OC(=O)CCCN1C(=O)NC(C)(C)C1=O)C(=O)Nc1ccc(F)c(Cl)c1. The van der Waals surface area contributed by atoms with Crippen molar-refractivity contribution in [3.63, 3.8) is 0 Å². The number of nitrogens with one attached hydrogen (secondary N) is 2. The second-order valence-corrected chi connectivity index (χ2v) is 7.27. The van der Waals surface area contributed by atoms with Gasteiger partial charge in [-0.15, -0.1) is 0 Å². The van der Waals surface area contributed by atoms with Gasteiger partial charge in [-0.1, -0.05) is 11.6 Å². The fraction of sp³-hybridized carbons (Fsp3) is 0.444. The van der Waals surface area contributed by atoms with E-state index in [1.165, 1.54) is 19.1 Å². The number of carbonyl (C=O) groups excluding carboxylic acids is 4. The fourth-order valence-corrected chi connectivity index (χ4v) is 2.71. The summed E-state index contributed by atoms with van der Waals surface area (Å²) in [6, 6.07) is 3.16. The van der Waals surface area contributed by atoms with E-state index >= 15 is 0 Å². The number of rotatable bonds is 7. The Morgan fingerprint density at radius 3 is 2.61 bits per heavy atom. The van der Waals surface area contributed by atoms with E-state index in [2.05, 4.69) is 10.6 Å². The van der Waals surface area contributed by atoms with Crippen LogP contribution in [0.25, 0.3) is 0 Å². The number of nitrogens with zero attached hydrogens (tertiary/aromatic N) is 1. The maximum absolute atomic E-state index is 13.1. The van der Waals surface area contributed by atoms with Crippen LogP contribution >= 0.6 is 11.6 Å². The summed E-state index contributed by atoms with van der Waals surface area (Å²) in [6.45, 7) is 4.64. The molecule has 1 aliphatic rings. The number of benzene rings is 1. The lowest BCUT2D eigenvalue weighted by molar-refractivity contribution is -0.153. The van der Waals surface area contributed by atoms with Crippen LogP contribution in [0.15, 0.2) is 18.2 Å². The molecular weight excluding hydrogens is 393 g/mol. The Bertz CT molecular complexity index is 814. The molecule has 10 heteroatoms. The third kappa shape index (κ3) is 5.19. The van der Waals surface area contributed by atoms with Gasteiger partial charge in [0, 0.05) is 18.7 Å². The standard InChI is InChI=1S/C18H21ClFN3O5/c1-10(15(25)21-11-6-7-13(20)12(19)9-11)28-14(24)5-4-8-23-16(26)18(2,3)22-17(23)27/h6-7,9-10H,4-5,8H2,1-3H3,(H,21,25)(H,22,27)/t10-/m1/s1. The molecule has 0 aliphatic carbocycles. The molecule has 0 radical (unpaired) electrons. The first-order valence-electron chi connectivity index (χ1n) is 8.61. The lowest BCUT2D eigenvalue weighted by Crippen LogP contribution is -2.40. The molecule has 1 heterocycles. The lowest BCUT2D eigenvalue weighted by Gasteiger charge is -2.16. The number of anilines is 1. The van der Waals surface area contributed by atoms with Crippen LogP contribution in [-0.4, -0.2) is 46.9 Å². The van der Waals surface area contributed by atoms with Crippen LogP contribution in [0.3, 0.4) is 0 Å². The minimum Gasteiger partial charge on any atom is -0.453 e. The van der Waals surface area contributed by atoms with Gasteiger partial charge >= 0.3 is 12.0 Å². The van der Waals surface area contributed by atoms with Crippen molar-refractivity contribution in [2.75, 3.05) is 11.9 Å². The van der Waals surface area contributed by atoms with E-state index in [9.17, 15) is 23.6 Å². The second kappa shape index (κ2) is 8.55. The molecule has 8 nitrogen and oxygen atoms in total. The van der Waals surface area contributed by atoms with Gasteiger partial charge in [0.05, 0.1) is 5.02 Å². The maximum Gasteiger partial charge on any atom is 0.325 e. The van der Waals surface area contributed by atoms with Gasteiger partial charge in [0.1, 0.15) is 11.4 Å². The van der Waals surface area contributed by atoms with Gasteiger partial charge in [0.15, 0.2) is 6.10 Å². The van der Waals surface area contributed by atoms with Crippen LogP contribution in [0, 0.1) is 5.82 Å². The van der Waals surface area contributed by atoms with Crippen LogP contribution in [0.5, 0.6) is 0 Å². The third-order valence-corrected chi connectivity index (χ3v) is 4.36. The predicted molar refractivity (Wildman–Crippen MR) is 99.2 cm³/mol. The van der Waals surface area contributed by atoms with E-state index in [1.807, 2.05) is 0 Å². The molecule has 1 atom stereocenters.